The van der Waals surface area contributed by atoms with Gasteiger partial charge in [0.1, 0.15) is 11.9 Å². The Kier molecular flexibility index (Phi) is 3.95. The predicted octanol–water partition coefficient (Wildman–Crippen LogP) is 1.72. The highest BCUT2D eigenvalue weighted by molar-refractivity contribution is 14.1. The number of alkyl halides is 1. The fraction of sp³-hybridized carbons (Fsp3) is 0.333. The molecule has 2 unspecified atom stereocenters. The van der Waals surface area contributed by atoms with Crippen LogP contribution in [0.1, 0.15) is 50.0 Å². The van der Waals surface area contributed by atoms with Gasteiger partial charge in [0.25, 0.3) is 11.8 Å². The standard InChI is InChI=1S/C15H12FIN2O4/c1-6(17)7-4-8-9(5-10(7)16)15(23)19(14(8)22)11-2-3-12(20)18-13(11)21/h4-6,11H,2-3H2,1H3,(H,18,20,21). The summed E-state index contributed by atoms with van der Waals surface area (Å²) in [7, 11) is 0. The summed E-state index contributed by atoms with van der Waals surface area (Å²) in [5, 5.41) is 2.12. The van der Waals surface area contributed by atoms with Gasteiger partial charge in [-0.15, -0.1) is 0 Å². The zero-order chi connectivity index (χ0) is 16.9. The molecule has 1 N–H and O–H groups in total. The van der Waals surface area contributed by atoms with Crippen molar-refractivity contribution < 1.29 is 23.6 Å². The highest BCUT2D eigenvalue weighted by Crippen LogP contribution is 2.33. The number of hydrogen-bond acceptors (Lipinski definition) is 4. The Morgan fingerprint density at radius 1 is 1.22 bits per heavy atom. The fourth-order valence-corrected chi connectivity index (χ4v) is 3.29. The minimum atomic E-state index is -1.04. The Morgan fingerprint density at radius 3 is 2.39 bits per heavy atom. The first kappa shape index (κ1) is 16.0. The normalized spacial score (nSPS) is 22.2. The highest BCUT2D eigenvalue weighted by atomic mass is 127. The van der Waals surface area contributed by atoms with Crippen LogP contribution in [0.4, 0.5) is 4.39 Å². The molecule has 0 saturated carbocycles. The number of halogens is 2. The van der Waals surface area contributed by atoms with Gasteiger partial charge in [-0.25, -0.2) is 4.39 Å². The third-order valence-electron chi connectivity index (χ3n) is 3.99. The first-order valence-corrected chi connectivity index (χ1v) is 8.25. The number of fused-ring (bicyclic) bond motifs is 1. The van der Waals surface area contributed by atoms with Crippen LogP contribution in [0.5, 0.6) is 0 Å². The lowest BCUT2D eigenvalue weighted by molar-refractivity contribution is -0.136. The van der Waals surface area contributed by atoms with E-state index in [0.717, 1.165) is 11.0 Å². The maximum atomic E-state index is 14.1. The van der Waals surface area contributed by atoms with Crippen molar-refractivity contribution in [2.45, 2.75) is 29.7 Å². The van der Waals surface area contributed by atoms with Crippen molar-refractivity contribution in [3.8, 4) is 0 Å². The van der Waals surface area contributed by atoms with E-state index < -0.39 is 35.5 Å². The molecule has 4 amide bonds. The number of rotatable bonds is 2. The number of piperidine rings is 1. The minimum Gasteiger partial charge on any atom is -0.295 e. The number of benzene rings is 1. The van der Waals surface area contributed by atoms with Crippen LogP contribution in [0.2, 0.25) is 0 Å². The van der Waals surface area contributed by atoms with E-state index in [9.17, 15) is 23.6 Å². The second-order valence-corrected chi connectivity index (χ2v) is 7.35. The van der Waals surface area contributed by atoms with Crippen LogP contribution in [0.25, 0.3) is 0 Å². The Morgan fingerprint density at radius 2 is 1.83 bits per heavy atom. The fourth-order valence-electron chi connectivity index (χ4n) is 2.81. The lowest BCUT2D eigenvalue weighted by Crippen LogP contribution is -2.54. The molecule has 0 aliphatic carbocycles. The second kappa shape index (κ2) is 5.66. The van der Waals surface area contributed by atoms with Crippen LogP contribution < -0.4 is 5.32 Å². The van der Waals surface area contributed by atoms with Crippen LogP contribution in [0.3, 0.4) is 0 Å². The molecule has 120 valence electrons. The second-order valence-electron chi connectivity index (χ2n) is 5.48. The largest absolute Gasteiger partial charge is 0.295 e. The topological polar surface area (TPSA) is 83.6 Å². The molecule has 2 heterocycles. The zero-order valence-corrected chi connectivity index (χ0v) is 14.2. The van der Waals surface area contributed by atoms with Crippen molar-refractivity contribution >= 4 is 46.2 Å². The summed E-state index contributed by atoms with van der Waals surface area (Å²) in [6, 6.07) is 1.38. The number of hydrogen-bond donors (Lipinski definition) is 1. The maximum absolute atomic E-state index is 14.1. The van der Waals surface area contributed by atoms with E-state index in [4.69, 9.17) is 0 Å². The molecule has 8 heteroatoms. The molecule has 2 aliphatic heterocycles. The van der Waals surface area contributed by atoms with Gasteiger partial charge in [0.2, 0.25) is 11.8 Å². The van der Waals surface area contributed by atoms with Crippen LogP contribution in [-0.4, -0.2) is 34.6 Å². The molecule has 0 bridgehead atoms. The van der Waals surface area contributed by atoms with Gasteiger partial charge in [-0.3, -0.25) is 29.4 Å². The number of amides is 4. The van der Waals surface area contributed by atoms with E-state index in [0.29, 0.717) is 5.56 Å². The van der Waals surface area contributed by atoms with Gasteiger partial charge in [-0.2, -0.15) is 0 Å². The monoisotopic (exact) mass is 430 g/mol. The van der Waals surface area contributed by atoms with Crippen molar-refractivity contribution in [1.29, 1.82) is 0 Å². The van der Waals surface area contributed by atoms with Gasteiger partial charge >= 0.3 is 0 Å². The number of nitrogens with zero attached hydrogens (tertiary/aromatic N) is 1. The maximum Gasteiger partial charge on any atom is 0.262 e. The number of nitrogens with one attached hydrogen (secondary N) is 1. The van der Waals surface area contributed by atoms with Gasteiger partial charge in [-0.05, 0) is 25.5 Å². The Hall–Kier alpha value is -1.84. The average molecular weight is 430 g/mol. The predicted molar refractivity (Wildman–Crippen MR) is 85.5 cm³/mol. The number of carbonyl (C=O) groups excluding carboxylic acids is 4. The SMILES string of the molecule is CC(I)c1cc2c(cc1F)C(=O)N(C1CCC(=O)NC1=O)C2=O. The molecule has 2 atom stereocenters. The average Bonchev–Trinajstić information content (AvgIpc) is 2.70. The lowest BCUT2D eigenvalue weighted by Gasteiger charge is -2.27. The van der Waals surface area contributed by atoms with Gasteiger partial charge in [-0.1, -0.05) is 22.6 Å². The van der Waals surface area contributed by atoms with Gasteiger partial charge < -0.3 is 0 Å². The van der Waals surface area contributed by atoms with Crippen molar-refractivity contribution in [3.05, 3.63) is 34.6 Å². The van der Waals surface area contributed by atoms with Crippen LogP contribution in [0, 0.1) is 5.82 Å². The van der Waals surface area contributed by atoms with Crippen molar-refractivity contribution in [3.63, 3.8) is 0 Å². The number of imide groups is 2. The molecule has 0 radical (unpaired) electrons. The Labute approximate surface area is 144 Å². The number of carbonyl (C=O) groups is 4. The van der Waals surface area contributed by atoms with Crippen LogP contribution in [-0.2, 0) is 9.59 Å². The van der Waals surface area contributed by atoms with Crippen molar-refractivity contribution in [2.24, 2.45) is 0 Å². The van der Waals surface area contributed by atoms with E-state index >= 15 is 0 Å². The van der Waals surface area contributed by atoms with E-state index in [2.05, 4.69) is 5.32 Å². The zero-order valence-electron chi connectivity index (χ0n) is 12.1. The molecule has 1 aromatic carbocycles. The lowest BCUT2D eigenvalue weighted by atomic mass is 10.0. The molecule has 1 saturated heterocycles. The third kappa shape index (κ3) is 2.54. The summed E-state index contributed by atoms with van der Waals surface area (Å²) < 4.78 is 13.9. The Bertz CT molecular complexity index is 762. The molecule has 0 spiro atoms. The van der Waals surface area contributed by atoms with Crippen LogP contribution >= 0.6 is 22.6 Å². The molecular weight excluding hydrogens is 418 g/mol. The quantitative estimate of drug-likeness (QED) is 0.440. The van der Waals surface area contributed by atoms with Crippen LogP contribution in [0.15, 0.2) is 12.1 Å². The summed E-state index contributed by atoms with van der Waals surface area (Å²) in [5.74, 6) is -3.01. The van der Waals surface area contributed by atoms with E-state index in [1.807, 2.05) is 22.6 Å². The molecule has 0 aromatic heterocycles. The molecule has 23 heavy (non-hydrogen) atoms. The molecule has 6 nitrogen and oxygen atoms in total. The van der Waals surface area contributed by atoms with Gasteiger partial charge in [0.05, 0.1) is 11.1 Å². The van der Waals surface area contributed by atoms with Gasteiger partial charge in [0.15, 0.2) is 0 Å². The first-order chi connectivity index (χ1) is 10.8. The third-order valence-corrected chi connectivity index (χ3v) is 4.66. The summed E-state index contributed by atoms with van der Waals surface area (Å²) in [5.41, 5.74) is 0.383. The van der Waals surface area contributed by atoms with E-state index in [1.165, 1.54) is 6.07 Å². The van der Waals surface area contributed by atoms with E-state index in [1.54, 1.807) is 6.92 Å². The first-order valence-electron chi connectivity index (χ1n) is 7.00. The molecule has 2 aliphatic rings. The molecule has 1 aromatic rings. The summed E-state index contributed by atoms with van der Waals surface area (Å²) in [4.78, 5) is 48.9. The molecular formula is C15H12FIN2O4. The van der Waals surface area contributed by atoms with E-state index in [-0.39, 0.29) is 27.9 Å². The summed E-state index contributed by atoms with van der Waals surface area (Å²) >= 11 is 2.01. The van der Waals surface area contributed by atoms with Crippen molar-refractivity contribution in [1.82, 2.24) is 10.2 Å². The highest BCUT2D eigenvalue weighted by Gasteiger charge is 2.45. The van der Waals surface area contributed by atoms with Gasteiger partial charge in [0, 0.05) is 15.9 Å². The summed E-state index contributed by atoms with van der Waals surface area (Å²) in [6.45, 7) is 1.77. The Balaban J connectivity index is 2.01. The molecule has 3 rings (SSSR count). The molecule has 1 fully saturated rings. The summed E-state index contributed by atoms with van der Waals surface area (Å²) in [6.07, 6.45) is 0.127. The minimum absolute atomic E-state index is 0.0435. The van der Waals surface area contributed by atoms with Crippen molar-refractivity contribution in [2.75, 3.05) is 0 Å². The smallest absolute Gasteiger partial charge is 0.262 e.